The largest absolute Gasteiger partial charge is 1.00 e. The molecule has 23 heavy (non-hydrogen) atoms. The van der Waals surface area contributed by atoms with Gasteiger partial charge in [0.25, 0.3) is 0 Å². The highest BCUT2D eigenvalue weighted by Crippen LogP contribution is 2.14. The number of hydrogen-bond donors (Lipinski definition) is 0. The van der Waals surface area contributed by atoms with Crippen LogP contribution in [0.3, 0.4) is 0 Å². The van der Waals surface area contributed by atoms with E-state index in [-0.39, 0.29) is 17.0 Å². The standard InChI is InChI=1S/C21H46N.BrH/c1-5-9-10-11-12-13-14-15-16-17-18-19-20-21-22(6-2,7-3)8-4;/h5-21H2,1-4H3;1H/q+1;/p-1. The van der Waals surface area contributed by atoms with E-state index in [1.165, 1.54) is 114 Å². The van der Waals surface area contributed by atoms with E-state index in [1.54, 1.807) is 0 Å². The van der Waals surface area contributed by atoms with Gasteiger partial charge in [0, 0.05) is 0 Å². The summed E-state index contributed by atoms with van der Waals surface area (Å²) in [6, 6.07) is 0. The summed E-state index contributed by atoms with van der Waals surface area (Å²) in [5.74, 6) is 0. The molecule has 0 aliphatic heterocycles. The molecular formula is C21H46BrN. The predicted molar refractivity (Wildman–Crippen MR) is 102 cm³/mol. The maximum Gasteiger partial charge on any atom is 0.0786 e. The predicted octanol–water partition coefficient (Wildman–Crippen LogP) is 3.96. The summed E-state index contributed by atoms with van der Waals surface area (Å²) in [5, 5.41) is 0. The minimum Gasteiger partial charge on any atom is -1.00 e. The SMILES string of the molecule is CCCCCCCCCCCCCCC[N+](CC)(CC)CC.[Br-]. The van der Waals surface area contributed by atoms with Crippen LogP contribution in [-0.4, -0.2) is 30.7 Å². The van der Waals surface area contributed by atoms with Crippen molar-refractivity contribution in [3.05, 3.63) is 0 Å². The smallest absolute Gasteiger partial charge is 0.0786 e. The first-order valence-electron chi connectivity index (χ1n) is 10.6. The lowest BCUT2D eigenvalue weighted by Gasteiger charge is -2.35. The fourth-order valence-electron chi connectivity index (χ4n) is 3.61. The highest BCUT2D eigenvalue weighted by atomic mass is 79.9. The lowest BCUT2D eigenvalue weighted by molar-refractivity contribution is -0.923. The van der Waals surface area contributed by atoms with E-state index in [4.69, 9.17) is 0 Å². The number of unbranched alkanes of at least 4 members (excludes halogenated alkanes) is 12. The zero-order valence-corrected chi connectivity index (χ0v) is 18.4. The van der Waals surface area contributed by atoms with Crippen LogP contribution in [0.4, 0.5) is 0 Å². The molecule has 0 aliphatic carbocycles. The molecule has 0 heterocycles. The van der Waals surface area contributed by atoms with Crippen molar-refractivity contribution in [2.75, 3.05) is 26.2 Å². The van der Waals surface area contributed by atoms with Gasteiger partial charge in [0.2, 0.25) is 0 Å². The summed E-state index contributed by atoms with van der Waals surface area (Å²) in [4.78, 5) is 0. The monoisotopic (exact) mass is 391 g/mol. The minimum atomic E-state index is 0. The maximum atomic E-state index is 2.36. The summed E-state index contributed by atoms with van der Waals surface area (Å²) >= 11 is 0. The lowest BCUT2D eigenvalue weighted by atomic mass is 10.0. The Labute approximate surface area is 159 Å². The molecule has 142 valence electrons. The van der Waals surface area contributed by atoms with E-state index in [0.29, 0.717) is 0 Å². The molecule has 1 nitrogen and oxygen atoms in total. The Balaban J connectivity index is 0. The first-order valence-corrected chi connectivity index (χ1v) is 10.6. The number of nitrogens with zero attached hydrogens (tertiary/aromatic N) is 1. The van der Waals surface area contributed by atoms with Crippen molar-refractivity contribution in [1.29, 1.82) is 0 Å². The molecule has 0 aromatic heterocycles. The van der Waals surface area contributed by atoms with E-state index < -0.39 is 0 Å². The Morgan fingerprint density at radius 1 is 0.435 bits per heavy atom. The maximum absolute atomic E-state index is 2.36. The lowest BCUT2D eigenvalue weighted by Crippen LogP contribution is -3.00. The molecular weight excluding hydrogens is 346 g/mol. The van der Waals surface area contributed by atoms with Crippen LogP contribution in [-0.2, 0) is 0 Å². The molecule has 0 radical (unpaired) electrons. The van der Waals surface area contributed by atoms with Crippen molar-refractivity contribution in [1.82, 2.24) is 0 Å². The van der Waals surface area contributed by atoms with Crippen LogP contribution in [0.1, 0.15) is 111 Å². The van der Waals surface area contributed by atoms with Crippen LogP contribution in [0, 0.1) is 0 Å². The van der Waals surface area contributed by atoms with Gasteiger partial charge in [-0.3, -0.25) is 0 Å². The highest BCUT2D eigenvalue weighted by Gasteiger charge is 2.19. The highest BCUT2D eigenvalue weighted by molar-refractivity contribution is 4.49. The zero-order chi connectivity index (χ0) is 16.5. The zero-order valence-electron chi connectivity index (χ0n) is 16.8. The van der Waals surface area contributed by atoms with Crippen LogP contribution >= 0.6 is 0 Å². The van der Waals surface area contributed by atoms with Gasteiger partial charge >= 0.3 is 0 Å². The fourth-order valence-corrected chi connectivity index (χ4v) is 3.61. The number of quaternary nitrogens is 1. The van der Waals surface area contributed by atoms with E-state index in [9.17, 15) is 0 Å². The summed E-state index contributed by atoms with van der Waals surface area (Å²) in [6.07, 6.45) is 19.0. The third-order valence-corrected chi connectivity index (χ3v) is 5.75. The first kappa shape index (κ1) is 25.7. The van der Waals surface area contributed by atoms with Gasteiger partial charge < -0.3 is 21.5 Å². The molecule has 0 bridgehead atoms. The van der Waals surface area contributed by atoms with Gasteiger partial charge in [-0.1, -0.05) is 77.6 Å². The Morgan fingerprint density at radius 2 is 0.739 bits per heavy atom. The molecule has 0 saturated heterocycles. The summed E-state index contributed by atoms with van der Waals surface area (Å²) < 4.78 is 1.33. The van der Waals surface area contributed by atoms with Gasteiger partial charge in [-0.25, -0.2) is 0 Å². The average molecular weight is 393 g/mol. The molecule has 0 aliphatic rings. The second-order valence-electron chi connectivity index (χ2n) is 7.26. The van der Waals surface area contributed by atoms with Crippen LogP contribution in [0.5, 0.6) is 0 Å². The second kappa shape index (κ2) is 18.8. The van der Waals surface area contributed by atoms with Crippen LogP contribution in [0.25, 0.3) is 0 Å². The molecule has 0 N–H and O–H groups in total. The summed E-state index contributed by atoms with van der Waals surface area (Å²) in [7, 11) is 0. The number of hydrogen-bond acceptors (Lipinski definition) is 0. The van der Waals surface area contributed by atoms with Crippen molar-refractivity contribution in [2.45, 2.75) is 111 Å². The van der Waals surface area contributed by atoms with Gasteiger partial charge in [0.15, 0.2) is 0 Å². The molecule has 0 aromatic rings. The van der Waals surface area contributed by atoms with Crippen LogP contribution in [0.2, 0.25) is 0 Å². The Hall–Kier alpha value is 0.440. The average Bonchev–Trinajstić information content (AvgIpc) is 2.56. The van der Waals surface area contributed by atoms with Crippen LogP contribution < -0.4 is 17.0 Å². The van der Waals surface area contributed by atoms with E-state index in [0.717, 1.165) is 0 Å². The van der Waals surface area contributed by atoms with Gasteiger partial charge in [-0.2, -0.15) is 0 Å². The molecule has 2 heteroatoms. The van der Waals surface area contributed by atoms with Gasteiger partial charge in [-0.05, 0) is 33.6 Å². The summed E-state index contributed by atoms with van der Waals surface area (Å²) in [5.41, 5.74) is 0. The quantitative estimate of drug-likeness (QED) is 0.260. The molecule has 0 spiro atoms. The normalized spacial score (nSPS) is 11.5. The van der Waals surface area contributed by atoms with E-state index >= 15 is 0 Å². The Morgan fingerprint density at radius 3 is 1.04 bits per heavy atom. The van der Waals surface area contributed by atoms with E-state index in [1.807, 2.05) is 0 Å². The fraction of sp³-hybridized carbons (Fsp3) is 1.00. The first-order chi connectivity index (χ1) is 10.7. The van der Waals surface area contributed by atoms with Gasteiger partial charge in [-0.15, -0.1) is 0 Å². The molecule has 0 fully saturated rings. The van der Waals surface area contributed by atoms with E-state index in [2.05, 4.69) is 27.7 Å². The molecule has 0 rings (SSSR count). The third-order valence-electron chi connectivity index (χ3n) is 5.75. The third kappa shape index (κ3) is 14.5. The topological polar surface area (TPSA) is 0 Å². The molecule has 0 amide bonds. The molecule has 0 unspecified atom stereocenters. The Bertz CT molecular complexity index is 206. The van der Waals surface area contributed by atoms with Crippen molar-refractivity contribution >= 4 is 0 Å². The van der Waals surface area contributed by atoms with Crippen molar-refractivity contribution < 1.29 is 21.5 Å². The number of halogens is 1. The molecule has 0 saturated carbocycles. The number of rotatable bonds is 17. The van der Waals surface area contributed by atoms with Crippen molar-refractivity contribution in [3.8, 4) is 0 Å². The second-order valence-corrected chi connectivity index (χ2v) is 7.26. The summed E-state index contributed by atoms with van der Waals surface area (Å²) in [6.45, 7) is 14.7. The van der Waals surface area contributed by atoms with Crippen molar-refractivity contribution in [3.63, 3.8) is 0 Å². The molecule has 0 aromatic carbocycles. The van der Waals surface area contributed by atoms with Crippen molar-refractivity contribution in [2.24, 2.45) is 0 Å². The minimum absolute atomic E-state index is 0. The van der Waals surface area contributed by atoms with Crippen LogP contribution in [0.15, 0.2) is 0 Å². The van der Waals surface area contributed by atoms with Gasteiger partial charge in [0.05, 0.1) is 26.2 Å². The van der Waals surface area contributed by atoms with Gasteiger partial charge in [0.1, 0.15) is 0 Å². The Kier molecular flexibility index (Phi) is 21.0. The molecule has 0 atom stereocenters.